The maximum atomic E-state index is 6.17. The van der Waals surface area contributed by atoms with Crippen molar-refractivity contribution in [3.8, 4) is 0 Å². The van der Waals surface area contributed by atoms with Crippen LogP contribution in [-0.2, 0) is 0 Å². The van der Waals surface area contributed by atoms with Gasteiger partial charge in [0.05, 0.1) is 18.3 Å². The summed E-state index contributed by atoms with van der Waals surface area (Å²) in [5, 5.41) is 11.0. The average Bonchev–Trinajstić information content (AvgIpc) is 3.77. The summed E-state index contributed by atoms with van der Waals surface area (Å²) < 4.78 is 0. The molecule has 2 fully saturated rings. The maximum Gasteiger partial charge on any atom is 0.0840 e. The summed E-state index contributed by atoms with van der Waals surface area (Å²) in [6.07, 6.45) is 23.2. The van der Waals surface area contributed by atoms with Gasteiger partial charge in [-0.25, -0.2) is 0 Å². The number of nitrogens with one attached hydrogen (secondary N) is 3. The number of nitrogens with two attached hydrogens (primary N) is 1. The van der Waals surface area contributed by atoms with Gasteiger partial charge in [0.2, 0.25) is 0 Å². The smallest absolute Gasteiger partial charge is 0.0840 e. The van der Waals surface area contributed by atoms with E-state index in [1.165, 1.54) is 53.4 Å². The summed E-state index contributed by atoms with van der Waals surface area (Å²) in [5.74, 6) is 1.57. The summed E-state index contributed by atoms with van der Waals surface area (Å²) >= 11 is 1.73. The molecule has 0 aromatic rings. The average molecular weight is 478 g/mol. The Labute approximate surface area is 209 Å². The standard InChI is InChI=1S/C28H39N5S/c1-18(34-3)6-11-22(29)17-30-19(2)24-12-13-28-25(31-24)5-4-14-33(28)23-15-26(20-7-8-20)32-27(16-23)21-9-10-21/h6,11-13,15-16,20-21,24,26,30-32H,2,4-5,7-10,14,17,29H2,1,3H3/b18-6+,22-11-. The molecule has 2 saturated carbocycles. The van der Waals surface area contributed by atoms with Gasteiger partial charge in [0.1, 0.15) is 0 Å². The number of dihydropyridines is 2. The summed E-state index contributed by atoms with van der Waals surface area (Å²) in [5.41, 5.74) is 13.4. The molecule has 0 aromatic heterocycles. The fourth-order valence-electron chi connectivity index (χ4n) is 4.91. The van der Waals surface area contributed by atoms with E-state index in [1.807, 2.05) is 6.08 Å². The molecule has 0 aromatic carbocycles. The van der Waals surface area contributed by atoms with E-state index in [2.05, 4.69) is 71.0 Å². The van der Waals surface area contributed by atoms with Gasteiger partial charge in [-0.1, -0.05) is 18.7 Å². The lowest BCUT2D eigenvalue weighted by molar-refractivity contribution is 0.381. The fraction of sp³-hybridized carbons (Fsp3) is 0.500. The Balaban J connectivity index is 1.25. The van der Waals surface area contributed by atoms with Gasteiger partial charge >= 0.3 is 0 Å². The van der Waals surface area contributed by atoms with Crippen molar-refractivity contribution in [2.75, 3.05) is 19.3 Å². The van der Waals surface area contributed by atoms with Gasteiger partial charge in [-0.3, -0.25) is 0 Å². The van der Waals surface area contributed by atoms with Crippen LogP contribution in [0.15, 0.2) is 82.1 Å². The highest BCUT2D eigenvalue weighted by Gasteiger charge is 2.37. The van der Waals surface area contributed by atoms with E-state index in [9.17, 15) is 0 Å². The van der Waals surface area contributed by atoms with Crippen LogP contribution < -0.4 is 21.7 Å². The van der Waals surface area contributed by atoms with Crippen LogP contribution in [0.5, 0.6) is 0 Å². The molecular weight excluding hydrogens is 438 g/mol. The molecule has 0 amide bonds. The Morgan fingerprint density at radius 1 is 1.26 bits per heavy atom. The molecule has 2 atom stereocenters. The van der Waals surface area contributed by atoms with Crippen LogP contribution in [0, 0.1) is 11.8 Å². The maximum absolute atomic E-state index is 6.17. The highest BCUT2D eigenvalue weighted by Crippen LogP contribution is 2.42. The van der Waals surface area contributed by atoms with E-state index in [0.29, 0.717) is 12.6 Å². The SMILES string of the molecule is C=C(NC/C(N)=C/C=C(\C)SC)C1C=CC2=C(CCCN2C2=CC(C3CC3)NC(C3CC3)=C2)N1. The van der Waals surface area contributed by atoms with E-state index in [0.717, 1.165) is 42.6 Å². The third-order valence-electron chi connectivity index (χ3n) is 7.38. The van der Waals surface area contributed by atoms with E-state index >= 15 is 0 Å². The molecule has 3 aliphatic heterocycles. The Bertz CT molecular complexity index is 1010. The summed E-state index contributed by atoms with van der Waals surface area (Å²) in [4.78, 5) is 3.78. The Hall–Kier alpha value is -2.47. The lowest BCUT2D eigenvalue weighted by atomic mass is 9.98. The molecule has 0 saturated heterocycles. The zero-order valence-corrected chi connectivity index (χ0v) is 21.4. The molecule has 0 spiro atoms. The molecular formula is C28H39N5S. The van der Waals surface area contributed by atoms with Gasteiger partial charge in [0, 0.05) is 41.1 Å². The van der Waals surface area contributed by atoms with E-state index < -0.39 is 0 Å². The minimum Gasteiger partial charge on any atom is -0.401 e. The number of thioether (sulfide) groups is 1. The number of nitrogens with zero attached hydrogens (tertiary/aromatic N) is 1. The second-order valence-electron chi connectivity index (χ2n) is 10.2. The minimum atomic E-state index is 0.0776. The van der Waals surface area contributed by atoms with Crippen molar-refractivity contribution >= 4 is 11.8 Å². The van der Waals surface area contributed by atoms with E-state index in [1.54, 1.807) is 11.8 Å². The third kappa shape index (κ3) is 5.43. The first-order valence-electron chi connectivity index (χ1n) is 12.8. The Kier molecular flexibility index (Phi) is 6.87. The van der Waals surface area contributed by atoms with Crippen molar-refractivity contribution in [2.45, 2.75) is 57.5 Å². The van der Waals surface area contributed by atoms with Crippen molar-refractivity contribution in [3.05, 3.63) is 82.1 Å². The van der Waals surface area contributed by atoms with Gasteiger partial charge in [0.15, 0.2) is 0 Å². The molecule has 5 nitrogen and oxygen atoms in total. The normalized spacial score (nSPS) is 27.4. The number of allylic oxidation sites excluding steroid dienone is 7. The highest BCUT2D eigenvalue weighted by molar-refractivity contribution is 8.02. The molecule has 2 unspecified atom stereocenters. The Morgan fingerprint density at radius 2 is 2.09 bits per heavy atom. The van der Waals surface area contributed by atoms with Crippen LogP contribution in [0.25, 0.3) is 0 Å². The third-order valence-corrected chi connectivity index (χ3v) is 8.16. The second kappa shape index (κ2) is 10.0. The molecule has 182 valence electrons. The van der Waals surface area contributed by atoms with Crippen LogP contribution in [0.2, 0.25) is 0 Å². The molecule has 0 bridgehead atoms. The number of hydrogen-bond donors (Lipinski definition) is 4. The molecule has 3 heterocycles. The zero-order chi connectivity index (χ0) is 23.7. The highest BCUT2D eigenvalue weighted by atomic mass is 32.2. The topological polar surface area (TPSA) is 65.3 Å². The quantitative estimate of drug-likeness (QED) is 0.364. The largest absolute Gasteiger partial charge is 0.401 e. The summed E-state index contributed by atoms with van der Waals surface area (Å²) in [6.45, 7) is 8.05. The van der Waals surface area contributed by atoms with Gasteiger partial charge in [-0.15, -0.1) is 11.8 Å². The predicted octanol–water partition coefficient (Wildman–Crippen LogP) is 4.59. The minimum absolute atomic E-state index is 0.0776. The van der Waals surface area contributed by atoms with Crippen LogP contribution in [0.4, 0.5) is 0 Å². The lowest BCUT2D eigenvalue weighted by Crippen LogP contribution is -2.42. The van der Waals surface area contributed by atoms with E-state index in [4.69, 9.17) is 5.73 Å². The Morgan fingerprint density at radius 3 is 2.82 bits per heavy atom. The van der Waals surface area contributed by atoms with Gasteiger partial charge in [0.25, 0.3) is 0 Å². The van der Waals surface area contributed by atoms with E-state index in [-0.39, 0.29) is 6.04 Å². The molecule has 5 aliphatic rings. The molecule has 2 aliphatic carbocycles. The zero-order valence-electron chi connectivity index (χ0n) is 20.6. The molecule has 5 N–H and O–H groups in total. The first-order chi connectivity index (χ1) is 16.5. The van der Waals surface area contributed by atoms with Crippen LogP contribution >= 0.6 is 11.8 Å². The van der Waals surface area contributed by atoms with Crippen molar-refractivity contribution in [3.63, 3.8) is 0 Å². The van der Waals surface area contributed by atoms with Crippen LogP contribution in [0.1, 0.15) is 45.4 Å². The summed E-state index contributed by atoms with van der Waals surface area (Å²) in [7, 11) is 0. The predicted molar refractivity (Wildman–Crippen MR) is 144 cm³/mol. The first-order valence-corrected chi connectivity index (χ1v) is 14.0. The van der Waals surface area contributed by atoms with Crippen molar-refractivity contribution < 1.29 is 0 Å². The van der Waals surface area contributed by atoms with Crippen LogP contribution in [-0.4, -0.2) is 36.3 Å². The molecule has 6 heteroatoms. The van der Waals surface area contributed by atoms with Crippen molar-refractivity contribution in [2.24, 2.45) is 17.6 Å². The summed E-state index contributed by atoms with van der Waals surface area (Å²) in [6, 6.07) is 0.584. The van der Waals surface area contributed by atoms with Gasteiger partial charge in [-0.05, 0) is 92.7 Å². The molecule has 34 heavy (non-hydrogen) atoms. The number of hydrogen-bond acceptors (Lipinski definition) is 6. The molecule has 0 radical (unpaired) electrons. The fourth-order valence-corrected chi connectivity index (χ4v) is 5.11. The van der Waals surface area contributed by atoms with Gasteiger partial charge in [-0.2, -0.15) is 0 Å². The van der Waals surface area contributed by atoms with Crippen molar-refractivity contribution in [1.82, 2.24) is 20.9 Å². The molecule has 5 rings (SSSR count). The number of rotatable bonds is 9. The lowest BCUT2D eigenvalue weighted by Gasteiger charge is -2.39. The second-order valence-corrected chi connectivity index (χ2v) is 11.2. The van der Waals surface area contributed by atoms with Crippen LogP contribution in [0.3, 0.4) is 0 Å². The van der Waals surface area contributed by atoms with Gasteiger partial charge < -0.3 is 26.6 Å². The first kappa shape index (κ1) is 23.3. The monoisotopic (exact) mass is 477 g/mol. The van der Waals surface area contributed by atoms with Crippen molar-refractivity contribution in [1.29, 1.82) is 0 Å².